The van der Waals surface area contributed by atoms with E-state index in [4.69, 9.17) is 13.9 Å². The molecule has 2 aromatic carbocycles. The van der Waals surface area contributed by atoms with Crippen molar-refractivity contribution in [1.29, 1.82) is 0 Å². The van der Waals surface area contributed by atoms with Crippen molar-refractivity contribution in [2.24, 2.45) is 5.92 Å². The number of ether oxygens (including phenoxy) is 2. The lowest BCUT2D eigenvalue weighted by Crippen LogP contribution is -2.31. The first kappa shape index (κ1) is 18.5. The Morgan fingerprint density at radius 3 is 2.48 bits per heavy atom. The first-order valence-corrected chi connectivity index (χ1v) is 11.0. The molecule has 1 aliphatic heterocycles. The molecule has 2 aliphatic carbocycles. The van der Waals surface area contributed by atoms with E-state index in [0.29, 0.717) is 42.4 Å². The van der Waals surface area contributed by atoms with E-state index in [0.717, 1.165) is 48.3 Å². The molecule has 2 saturated carbocycles. The molecule has 3 aromatic rings. The number of nitrogens with one attached hydrogen (secondary N) is 1. The monoisotopic (exact) mass is 416 g/mol. The van der Waals surface area contributed by atoms with E-state index in [1.54, 1.807) is 0 Å². The molecule has 3 aliphatic rings. The maximum atomic E-state index is 13.4. The highest BCUT2D eigenvalue weighted by Gasteiger charge is 2.38. The Morgan fingerprint density at radius 2 is 1.74 bits per heavy atom. The molecule has 0 spiro atoms. The van der Waals surface area contributed by atoms with Crippen LogP contribution < -0.4 is 14.8 Å². The molecule has 1 aromatic heterocycles. The van der Waals surface area contributed by atoms with Crippen LogP contribution in [0.25, 0.3) is 11.5 Å². The Labute approximate surface area is 180 Å². The smallest absolute Gasteiger partial charge is 0.274 e. The lowest BCUT2D eigenvalue weighted by atomic mass is 10.0. The van der Waals surface area contributed by atoms with Crippen LogP contribution in [0.15, 0.2) is 52.9 Å². The molecule has 0 bridgehead atoms. The zero-order valence-corrected chi connectivity index (χ0v) is 17.2. The summed E-state index contributed by atoms with van der Waals surface area (Å²) in [5.74, 6) is 3.28. The molecule has 158 valence electrons. The summed E-state index contributed by atoms with van der Waals surface area (Å²) in [7, 11) is 0. The Hall–Kier alpha value is -3.28. The van der Waals surface area contributed by atoms with Crippen LogP contribution in [0.3, 0.4) is 0 Å². The van der Waals surface area contributed by atoms with E-state index in [1.807, 2.05) is 48.5 Å². The number of carbonyl (C=O) groups excluding carboxylic acids is 1. The Balaban J connectivity index is 1.29. The van der Waals surface area contributed by atoms with Crippen LogP contribution in [0.1, 0.15) is 59.5 Å². The van der Waals surface area contributed by atoms with E-state index in [2.05, 4.69) is 10.3 Å². The van der Waals surface area contributed by atoms with Gasteiger partial charge in [0.1, 0.15) is 19.0 Å². The van der Waals surface area contributed by atoms with Crippen LogP contribution in [-0.2, 0) is 0 Å². The van der Waals surface area contributed by atoms with Gasteiger partial charge in [-0.1, -0.05) is 24.3 Å². The van der Waals surface area contributed by atoms with Crippen molar-refractivity contribution in [2.45, 2.75) is 37.6 Å². The molecule has 1 amide bonds. The summed E-state index contributed by atoms with van der Waals surface area (Å²) >= 11 is 0. The van der Waals surface area contributed by atoms with Crippen LogP contribution in [0.4, 0.5) is 0 Å². The van der Waals surface area contributed by atoms with Gasteiger partial charge in [-0.2, -0.15) is 0 Å². The van der Waals surface area contributed by atoms with Crippen molar-refractivity contribution in [1.82, 2.24) is 10.3 Å². The van der Waals surface area contributed by atoms with E-state index >= 15 is 0 Å². The van der Waals surface area contributed by atoms with Crippen molar-refractivity contribution in [3.63, 3.8) is 0 Å². The van der Waals surface area contributed by atoms with Gasteiger partial charge in [0.15, 0.2) is 17.2 Å². The fourth-order valence-corrected chi connectivity index (χ4v) is 4.19. The van der Waals surface area contributed by atoms with Crippen molar-refractivity contribution >= 4 is 5.91 Å². The Kier molecular flexibility index (Phi) is 4.44. The minimum absolute atomic E-state index is 0.0766. The fourth-order valence-electron chi connectivity index (χ4n) is 4.19. The topological polar surface area (TPSA) is 73.6 Å². The molecule has 1 unspecified atom stereocenters. The first-order valence-electron chi connectivity index (χ1n) is 11.0. The van der Waals surface area contributed by atoms with Crippen LogP contribution in [-0.4, -0.2) is 24.1 Å². The zero-order chi connectivity index (χ0) is 20.8. The zero-order valence-electron chi connectivity index (χ0n) is 17.2. The lowest BCUT2D eigenvalue weighted by Gasteiger charge is -2.23. The molecule has 2 fully saturated rings. The van der Waals surface area contributed by atoms with Crippen LogP contribution in [0, 0.1) is 5.92 Å². The fraction of sp³-hybridized carbons (Fsp3) is 0.360. The third-order valence-corrected chi connectivity index (χ3v) is 6.14. The number of carbonyl (C=O) groups is 1. The van der Waals surface area contributed by atoms with Crippen LogP contribution in [0.2, 0.25) is 0 Å². The quantitative estimate of drug-likeness (QED) is 0.621. The first-order chi connectivity index (χ1) is 15.3. The minimum atomic E-state index is -0.167. The number of hydrogen-bond acceptors (Lipinski definition) is 5. The second kappa shape index (κ2) is 7.45. The second-order valence-corrected chi connectivity index (χ2v) is 8.56. The van der Waals surface area contributed by atoms with Gasteiger partial charge < -0.3 is 19.2 Å². The van der Waals surface area contributed by atoms with Gasteiger partial charge in [0.2, 0.25) is 5.89 Å². The van der Waals surface area contributed by atoms with E-state index in [1.165, 1.54) is 0 Å². The molecule has 2 heterocycles. The molecule has 0 saturated heterocycles. The van der Waals surface area contributed by atoms with Crippen molar-refractivity contribution in [3.05, 3.63) is 65.5 Å². The number of oxazole rings is 1. The number of aromatic nitrogens is 1. The molecular weight excluding hydrogens is 392 g/mol. The summed E-state index contributed by atoms with van der Waals surface area (Å²) in [6.07, 6.45) is 4.28. The number of amides is 1. The minimum Gasteiger partial charge on any atom is -0.486 e. The van der Waals surface area contributed by atoms with E-state index < -0.39 is 0 Å². The molecule has 1 atom stereocenters. The highest BCUT2D eigenvalue weighted by Crippen LogP contribution is 2.45. The average Bonchev–Trinajstić information content (AvgIpc) is 3.76. The highest BCUT2D eigenvalue weighted by atomic mass is 16.6. The van der Waals surface area contributed by atoms with Crippen molar-refractivity contribution in [3.8, 4) is 23.0 Å². The summed E-state index contributed by atoms with van der Waals surface area (Å²) in [6.45, 7) is 1.11. The van der Waals surface area contributed by atoms with Gasteiger partial charge in [0.25, 0.3) is 5.91 Å². The summed E-state index contributed by atoms with van der Waals surface area (Å²) in [5.41, 5.74) is 2.35. The predicted octanol–water partition coefficient (Wildman–Crippen LogP) is 4.87. The van der Waals surface area contributed by atoms with Gasteiger partial charge in [0, 0.05) is 11.5 Å². The maximum Gasteiger partial charge on any atom is 0.274 e. The number of nitrogens with zero attached hydrogens (tertiary/aromatic N) is 1. The van der Waals surface area contributed by atoms with E-state index in [9.17, 15) is 4.79 Å². The molecule has 6 nitrogen and oxygen atoms in total. The van der Waals surface area contributed by atoms with Gasteiger partial charge in [-0.05, 0) is 61.4 Å². The third kappa shape index (κ3) is 3.67. The summed E-state index contributed by atoms with van der Waals surface area (Å²) < 4.78 is 17.5. The summed E-state index contributed by atoms with van der Waals surface area (Å²) in [4.78, 5) is 18.0. The SMILES string of the molecule is O=C(NC(c1ccc2c(c1)OCCO2)C1CC1)c1nc(-c2ccccc2)oc1C1CC1. The largest absolute Gasteiger partial charge is 0.486 e. The number of benzene rings is 2. The third-order valence-electron chi connectivity index (χ3n) is 6.14. The lowest BCUT2D eigenvalue weighted by molar-refractivity contribution is 0.0925. The summed E-state index contributed by atoms with van der Waals surface area (Å²) in [6, 6.07) is 15.6. The molecule has 0 radical (unpaired) electrons. The van der Waals surface area contributed by atoms with Gasteiger partial charge in [-0.15, -0.1) is 0 Å². The molecular formula is C25H24N2O4. The number of hydrogen-bond donors (Lipinski definition) is 1. The molecule has 1 N–H and O–H groups in total. The molecule has 6 rings (SSSR count). The van der Waals surface area contributed by atoms with Gasteiger partial charge >= 0.3 is 0 Å². The highest BCUT2D eigenvalue weighted by molar-refractivity contribution is 5.94. The molecule has 31 heavy (non-hydrogen) atoms. The second-order valence-electron chi connectivity index (χ2n) is 8.56. The van der Waals surface area contributed by atoms with Crippen LogP contribution in [0.5, 0.6) is 11.5 Å². The van der Waals surface area contributed by atoms with Gasteiger partial charge in [-0.25, -0.2) is 4.98 Å². The maximum absolute atomic E-state index is 13.4. The number of rotatable bonds is 6. The number of fused-ring (bicyclic) bond motifs is 1. The Bertz CT molecular complexity index is 1120. The van der Waals surface area contributed by atoms with Gasteiger partial charge in [-0.3, -0.25) is 4.79 Å². The average molecular weight is 416 g/mol. The van der Waals surface area contributed by atoms with Crippen molar-refractivity contribution < 1.29 is 18.7 Å². The van der Waals surface area contributed by atoms with Crippen LogP contribution >= 0.6 is 0 Å². The summed E-state index contributed by atoms with van der Waals surface area (Å²) in [5, 5.41) is 3.25. The van der Waals surface area contributed by atoms with Crippen molar-refractivity contribution in [2.75, 3.05) is 13.2 Å². The standard InChI is InChI=1S/C25H24N2O4/c28-24(22-23(16-8-9-16)31-25(27-22)17-4-2-1-3-5-17)26-21(15-6-7-15)18-10-11-19-20(14-18)30-13-12-29-19/h1-5,10-11,14-16,21H,6-9,12-13H2,(H,26,28). The molecule has 6 heteroatoms. The predicted molar refractivity (Wildman–Crippen MR) is 114 cm³/mol. The van der Waals surface area contributed by atoms with Gasteiger partial charge in [0.05, 0.1) is 6.04 Å². The Morgan fingerprint density at radius 1 is 0.968 bits per heavy atom. The normalized spacial score (nSPS) is 18.5. The van der Waals surface area contributed by atoms with E-state index in [-0.39, 0.29) is 11.9 Å².